The number of methoxy groups -OCH3 is 1. The normalized spacial score (nSPS) is 10.5. The molecule has 0 atom stereocenters. The molecule has 0 aliphatic rings. The van der Waals surface area contributed by atoms with Crippen LogP contribution in [0, 0.1) is 0 Å². The Balaban J connectivity index is 3.07. The van der Waals surface area contributed by atoms with Crippen LogP contribution in [0.5, 0.6) is 0 Å². The molecule has 0 aromatic carbocycles. The molecule has 0 radical (unpaired) electrons. The van der Waals surface area contributed by atoms with Gasteiger partial charge in [0.05, 0.1) is 7.11 Å². The van der Waals surface area contributed by atoms with Crippen molar-refractivity contribution in [2.45, 2.75) is 26.3 Å². The van der Waals surface area contributed by atoms with Crippen LogP contribution in [0.3, 0.4) is 0 Å². The zero-order valence-electron chi connectivity index (χ0n) is 11.1. The van der Waals surface area contributed by atoms with E-state index in [0.29, 0.717) is 24.3 Å². The predicted octanol–water partition coefficient (Wildman–Crippen LogP) is 1.47. The van der Waals surface area contributed by atoms with E-state index in [1.165, 1.54) is 7.11 Å². The van der Waals surface area contributed by atoms with Crippen LogP contribution in [0.15, 0.2) is 18.3 Å². The van der Waals surface area contributed by atoms with E-state index in [2.05, 4.69) is 4.98 Å². The molecule has 0 saturated carbocycles. The molecule has 1 N–H and O–H groups in total. The molecular weight excluding hydrogens is 232 g/mol. The van der Waals surface area contributed by atoms with Gasteiger partial charge in [-0.15, -0.1) is 0 Å². The van der Waals surface area contributed by atoms with Gasteiger partial charge in [0.2, 0.25) is 0 Å². The van der Waals surface area contributed by atoms with Crippen LogP contribution in [0.1, 0.15) is 30.6 Å². The van der Waals surface area contributed by atoms with Crippen LogP contribution in [0.4, 0.5) is 5.82 Å². The minimum absolute atomic E-state index is 0.115. The van der Waals surface area contributed by atoms with Crippen LogP contribution >= 0.6 is 0 Å². The molecule has 0 aliphatic heterocycles. The first-order valence-corrected chi connectivity index (χ1v) is 6.02. The SMILES string of the molecule is COC(=O)c1cccnc1N(CCCO)C(C)C. The van der Waals surface area contributed by atoms with Gasteiger partial charge >= 0.3 is 5.97 Å². The summed E-state index contributed by atoms with van der Waals surface area (Å²) < 4.78 is 4.76. The van der Waals surface area contributed by atoms with E-state index in [0.717, 1.165) is 0 Å². The molecule has 0 unspecified atom stereocenters. The molecule has 0 fully saturated rings. The van der Waals surface area contributed by atoms with Crippen molar-refractivity contribution in [2.75, 3.05) is 25.2 Å². The Kier molecular flexibility index (Phi) is 5.58. The lowest BCUT2D eigenvalue weighted by molar-refractivity contribution is 0.0601. The van der Waals surface area contributed by atoms with Gasteiger partial charge < -0.3 is 14.7 Å². The van der Waals surface area contributed by atoms with E-state index in [4.69, 9.17) is 9.84 Å². The van der Waals surface area contributed by atoms with Crippen molar-refractivity contribution in [1.29, 1.82) is 0 Å². The predicted molar refractivity (Wildman–Crippen MR) is 69.8 cm³/mol. The molecule has 0 spiro atoms. The second-order valence-corrected chi connectivity index (χ2v) is 4.23. The maximum Gasteiger partial charge on any atom is 0.341 e. The number of pyridine rings is 1. The van der Waals surface area contributed by atoms with Gasteiger partial charge in [0.1, 0.15) is 11.4 Å². The number of carbonyl (C=O) groups is 1. The second-order valence-electron chi connectivity index (χ2n) is 4.23. The number of aliphatic hydroxyl groups excluding tert-OH is 1. The summed E-state index contributed by atoms with van der Waals surface area (Å²) in [6, 6.07) is 3.60. The Bertz CT molecular complexity index is 394. The maximum absolute atomic E-state index is 11.7. The summed E-state index contributed by atoms with van der Waals surface area (Å²) in [6.45, 7) is 4.80. The van der Waals surface area contributed by atoms with Gasteiger partial charge in [0.25, 0.3) is 0 Å². The lowest BCUT2D eigenvalue weighted by Crippen LogP contribution is -2.34. The third-order valence-electron chi connectivity index (χ3n) is 2.64. The monoisotopic (exact) mass is 252 g/mol. The molecule has 0 saturated heterocycles. The van der Waals surface area contributed by atoms with Crippen LogP contribution < -0.4 is 4.90 Å². The molecule has 1 aromatic heterocycles. The van der Waals surface area contributed by atoms with Gasteiger partial charge in [-0.2, -0.15) is 0 Å². The molecular formula is C13H20N2O3. The standard InChI is InChI=1S/C13H20N2O3/c1-10(2)15(8-5-9-16)12-11(13(17)18-3)6-4-7-14-12/h4,6-7,10,16H,5,8-9H2,1-3H3. The summed E-state index contributed by atoms with van der Waals surface area (Å²) in [5.74, 6) is 0.209. The molecule has 0 aliphatic carbocycles. The Hall–Kier alpha value is -1.62. The van der Waals surface area contributed by atoms with E-state index in [-0.39, 0.29) is 12.6 Å². The lowest BCUT2D eigenvalue weighted by atomic mass is 10.2. The zero-order chi connectivity index (χ0) is 13.5. The summed E-state index contributed by atoms with van der Waals surface area (Å²) in [6.07, 6.45) is 2.28. The average Bonchev–Trinajstić information content (AvgIpc) is 2.38. The van der Waals surface area contributed by atoms with Crippen molar-refractivity contribution in [2.24, 2.45) is 0 Å². The van der Waals surface area contributed by atoms with Crippen LogP contribution in [-0.2, 0) is 4.74 Å². The van der Waals surface area contributed by atoms with Gasteiger partial charge in [-0.1, -0.05) is 0 Å². The Morgan fingerprint density at radius 1 is 1.56 bits per heavy atom. The van der Waals surface area contributed by atoms with E-state index >= 15 is 0 Å². The molecule has 18 heavy (non-hydrogen) atoms. The largest absolute Gasteiger partial charge is 0.465 e. The van der Waals surface area contributed by atoms with Gasteiger partial charge in [0.15, 0.2) is 0 Å². The van der Waals surface area contributed by atoms with E-state index < -0.39 is 5.97 Å². The van der Waals surface area contributed by atoms with Gasteiger partial charge in [-0.25, -0.2) is 9.78 Å². The number of aliphatic hydroxyl groups is 1. The molecule has 5 nitrogen and oxygen atoms in total. The number of hydrogen-bond donors (Lipinski definition) is 1. The molecule has 1 heterocycles. The van der Waals surface area contributed by atoms with Crippen molar-refractivity contribution >= 4 is 11.8 Å². The fourth-order valence-corrected chi connectivity index (χ4v) is 1.74. The number of ether oxygens (including phenoxy) is 1. The average molecular weight is 252 g/mol. The van der Waals surface area contributed by atoms with Crippen molar-refractivity contribution in [3.63, 3.8) is 0 Å². The molecule has 5 heteroatoms. The number of esters is 1. The van der Waals surface area contributed by atoms with Crippen molar-refractivity contribution in [1.82, 2.24) is 4.98 Å². The molecule has 0 bridgehead atoms. The highest BCUT2D eigenvalue weighted by Gasteiger charge is 2.19. The number of aromatic nitrogens is 1. The maximum atomic E-state index is 11.7. The number of rotatable bonds is 6. The topological polar surface area (TPSA) is 62.7 Å². The Morgan fingerprint density at radius 2 is 2.28 bits per heavy atom. The number of nitrogens with zero attached hydrogens (tertiary/aromatic N) is 2. The van der Waals surface area contributed by atoms with E-state index in [9.17, 15) is 4.79 Å². The fraction of sp³-hybridized carbons (Fsp3) is 0.538. The highest BCUT2D eigenvalue weighted by molar-refractivity contribution is 5.94. The summed E-state index contributed by atoms with van der Waals surface area (Å²) in [7, 11) is 1.35. The number of hydrogen-bond acceptors (Lipinski definition) is 5. The van der Waals surface area contributed by atoms with Crippen molar-refractivity contribution in [3.05, 3.63) is 23.9 Å². The summed E-state index contributed by atoms with van der Waals surface area (Å²) in [5, 5.41) is 8.93. The fourth-order valence-electron chi connectivity index (χ4n) is 1.74. The third kappa shape index (κ3) is 3.43. The third-order valence-corrected chi connectivity index (χ3v) is 2.64. The Morgan fingerprint density at radius 3 is 2.83 bits per heavy atom. The molecule has 0 amide bonds. The molecule has 100 valence electrons. The smallest absolute Gasteiger partial charge is 0.341 e. The highest BCUT2D eigenvalue weighted by atomic mass is 16.5. The summed E-state index contributed by atoms with van der Waals surface area (Å²) in [5.41, 5.74) is 0.451. The number of anilines is 1. The highest BCUT2D eigenvalue weighted by Crippen LogP contribution is 2.20. The zero-order valence-corrected chi connectivity index (χ0v) is 11.1. The first-order valence-electron chi connectivity index (χ1n) is 6.02. The van der Waals surface area contributed by atoms with Gasteiger partial charge in [0, 0.05) is 25.4 Å². The Labute approximate surface area is 107 Å². The first kappa shape index (κ1) is 14.4. The molecule has 1 rings (SSSR count). The van der Waals surface area contributed by atoms with Gasteiger partial charge in [-0.3, -0.25) is 0 Å². The van der Waals surface area contributed by atoms with Crippen LogP contribution in [0.25, 0.3) is 0 Å². The quantitative estimate of drug-likeness (QED) is 0.777. The van der Waals surface area contributed by atoms with E-state index in [1.54, 1.807) is 18.3 Å². The molecule has 1 aromatic rings. The minimum Gasteiger partial charge on any atom is -0.465 e. The summed E-state index contributed by atoms with van der Waals surface area (Å²) >= 11 is 0. The van der Waals surface area contributed by atoms with Crippen molar-refractivity contribution in [3.8, 4) is 0 Å². The first-order chi connectivity index (χ1) is 8.61. The van der Waals surface area contributed by atoms with Crippen LogP contribution in [0.2, 0.25) is 0 Å². The lowest BCUT2D eigenvalue weighted by Gasteiger charge is -2.28. The van der Waals surface area contributed by atoms with E-state index in [1.807, 2.05) is 18.7 Å². The minimum atomic E-state index is -0.396. The second kappa shape index (κ2) is 6.96. The summed E-state index contributed by atoms with van der Waals surface area (Å²) in [4.78, 5) is 18.0. The van der Waals surface area contributed by atoms with Crippen LogP contribution in [-0.4, -0.2) is 42.4 Å². The van der Waals surface area contributed by atoms with Gasteiger partial charge in [-0.05, 0) is 32.4 Å². The van der Waals surface area contributed by atoms with Crippen molar-refractivity contribution < 1.29 is 14.6 Å². The number of carbonyl (C=O) groups excluding carboxylic acids is 1.